The summed E-state index contributed by atoms with van der Waals surface area (Å²) in [5.74, 6) is 0. The first kappa shape index (κ1) is 13.2. The molecule has 0 amide bonds. The molecule has 0 aliphatic heterocycles. The maximum absolute atomic E-state index is 4.51. The molecule has 0 bridgehead atoms. The van der Waals surface area contributed by atoms with E-state index in [0.29, 0.717) is 6.04 Å². The molecule has 2 rings (SSSR count). The van der Waals surface area contributed by atoms with Gasteiger partial charge < -0.3 is 5.32 Å². The van der Waals surface area contributed by atoms with Gasteiger partial charge in [0.15, 0.2) is 0 Å². The lowest BCUT2D eigenvalue weighted by atomic mass is 10.0. The van der Waals surface area contributed by atoms with Crippen LogP contribution in [0, 0.1) is 13.8 Å². The molecule has 1 aromatic carbocycles. The first-order valence-electron chi connectivity index (χ1n) is 6.28. The van der Waals surface area contributed by atoms with Crippen molar-refractivity contribution in [3.63, 3.8) is 0 Å². The molecule has 0 aliphatic rings. The van der Waals surface area contributed by atoms with Gasteiger partial charge in [-0.25, -0.2) is 4.98 Å². The zero-order chi connectivity index (χ0) is 13.1. The van der Waals surface area contributed by atoms with Crippen molar-refractivity contribution in [2.45, 2.75) is 33.2 Å². The molecule has 2 nitrogen and oxygen atoms in total. The van der Waals surface area contributed by atoms with E-state index in [1.807, 2.05) is 13.2 Å². The lowest BCUT2D eigenvalue weighted by molar-refractivity contribution is 0.662. The Hall–Kier alpha value is -1.19. The molecule has 1 atom stereocenters. The number of benzene rings is 1. The summed E-state index contributed by atoms with van der Waals surface area (Å²) >= 11 is 1.80. The van der Waals surface area contributed by atoms with Gasteiger partial charge in [0.05, 0.1) is 5.01 Å². The summed E-state index contributed by atoms with van der Waals surface area (Å²) in [5.41, 5.74) is 4.05. The van der Waals surface area contributed by atoms with E-state index in [9.17, 15) is 0 Å². The second-order valence-electron chi connectivity index (χ2n) is 4.76. The monoisotopic (exact) mass is 260 g/mol. The highest BCUT2D eigenvalue weighted by molar-refractivity contribution is 7.11. The van der Waals surface area contributed by atoms with Crippen LogP contribution in [-0.4, -0.2) is 12.0 Å². The zero-order valence-corrected chi connectivity index (χ0v) is 12.3. The molecule has 18 heavy (non-hydrogen) atoms. The number of aryl methyl sites for hydroxylation is 2. The zero-order valence-electron chi connectivity index (χ0n) is 11.4. The van der Waals surface area contributed by atoms with E-state index in [-0.39, 0.29) is 0 Å². The Kier molecular flexibility index (Phi) is 4.15. The van der Waals surface area contributed by atoms with Gasteiger partial charge in [-0.2, -0.15) is 0 Å². The third-order valence-corrected chi connectivity index (χ3v) is 4.54. The second-order valence-corrected chi connectivity index (χ2v) is 5.91. The van der Waals surface area contributed by atoms with Crippen molar-refractivity contribution in [1.82, 2.24) is 10.3 Å². The lowest BCUT2D eigenvalue weighted by Gasteiger charge is -2.05. The highest BCUT2D eigenvalue weighted by atomic mass is 32.1. The van der Waals surface area contributed by atoms with E-state index >= 15 is 0 Å². The van der Waals surface area contributed by atoms with Crippen molar-refractivity contribution < 1.29 is 0 Å². The van der Waals surface area contributed by atoms with Gasteiger partial charge in [-0.15, -0.1) is 11.3 Å². The molecule has 1 N–H and O–H groups in total. The standard InChI is InChI=1S/C15H20N2S/c1-10-5-6-13(7-11(10)2)8-15-17-9-14(18-15)12(3)16-4/h5-7,9,12,16H,8H2,1-4H3. The second kappa shape index (κ2) is 5.63. The highest BCUT2D eigenvalue weighted by Gasteiger charge is 2.08. The van der Waals surface area contributed by atoms with Crippen LogP contribution < -0.4 is 5.32 Å². The highest BCUT2D eigenvalue weighted by Crippen LogP contribution is 2.23. The van der Waals surface area contributed by atoms with Gasteiger partial charge in [0.1, 0.15) is 0 Å². The van der Waals surface area contributed by atoms with Gasteiger partial charge >= 0.3 is 0 Å². The summed E-state index contributed by atoms with van der Waals surface area (Å²) in [6, 6.07) is 7.04. The molecule has 1 heterocycles. The predicted molar refractivity (Wildman–Crippen MR) is 78.3 cm³/mol. The molecule has 0 saturated carbocycles. The molecule has 0 aliphatic carbocycles. The van der Waals surface area contributed by atoms with Gasteiger partial charge in [0.25, 0.3) is 0 Å². The van der Waals surface area contributed by atoms with Crippen molar-refractivity contribution in [3.8, 4) is 0 Å². The van der Waals surface area contributed by atoms with E-state index in [2.05, 4.69) is 49.3 Å². The van der Waals surface area contributed by atoms with E-state index in [4.69, 9.17) is 0 Å². The summed E-state index contributed by atoms with van der Waals surface area (Å²) < 4.78 is 0. The Labute approximate surface area is 113 Å². The third kappa shape index (κ3) is 2.98. The molecule has 96 valence electrons. The Morgan fingerprint density at radius 2 is 2.06 bits per heavy atom. The number of hydrogen-bond acceptors (Lipinski definition) is 3. The number of rotatable bonds is 4. The first-order chi connectivity index (χ1) is 8.60. The van der Waals surface area contributed by atoms with Crippen LogP contribution in [0.15, 0.2) is 24.4 Å². The molecular weight excluding hydrogens is 240 g/mol. The number of aromatic nitrogens is 1. The molecule has 1 unspecified atom stereocenters. The van der Waals surface area contributed by atoms with Gasteiger partial charge in [-0.3, -0.25) is 0 Å². The SMILES string of the molecule is CNC(C)c1cnc(Cc2ccc(C)c(C)c2)s1. The molecule has 1 aromatic heterocycles. The van der Waals surface area contributed by atoms with Crippen LogP contribution >= 0.6 is 11.3 Å². The molecule has 0 spiro atoms. The summed E-state index contributed by atoms with van der Waals surface area (Å²) in [6.45, 7) is 6.47. The fourth-order valence-electron chi connectivity index (χ4n) is 1.84. The van der Waals surface area contributed by atoms with Crippen LogP contribution in [0.4, 0.5) is 0 Å². The molecule has 0 saturated heterocycles. The quantitative estimate of drug-likeness (QED) is 0.908. The molecular formula is C15H20N2S. The molecule has 3 heteroatoms. The Balaban J connectivity index is 2.13. The minimum atomic E-state index is 0.385. The predicted octanol–water partition coefficient (Wildman–Crippen LogP) is 3.63. The van der Waals surface area contributed by atoms with E-state index < -0.39 is 0 Å². The fraction of sp³-hybridized carbons (Fsp3) is 0.400. The largest absolute Gasteiger partial charge is 0.312 e. The Morgan fingerprint density at radius 1 is 1.28 bits per heavy atom. The smallest absolute Gasteiger partial charge is 0.0972 e. The Morgan fingerprint density at radius 3 is 2.72 bits per heavy atom. The maximum Gasteiger partial charge on any atom is 0.0972 e. The van der Waals surface area contributed by atoms with Crippen LogP contribution in [-0.2, 0) is 6.42 Å². The van der Waals surface area contributed by atoms with Gasteiger partial charge in [0.2, 0.25) is 0 Å². The molecule has 0 fully saturated rings. The fourth-order valence-corrected chi connectivity index (χ4v) is 2.85. The topological polar surface area (TPSA) is 24.9 Å². The summed E-state index contributed by atoms with van der Waals surface area (Å²) in [7, 11) is 1.98. The van der Waals surface area contributed by atoms with Crippen molar-refractivity contribution in [2.75, 3.05) is 7.05 Å². The van der Waals surface area contributed by atoms with E-state index in [1.54, 1.807) is 11.3 Å². The van der Waals surface area contributed by atoms with Gasteiger partial charge in [0, 0.05) is 23.5 Å². The van der Waals surface area contributed by atoms with Gasteiger partial charge in [-0.1, -0.05) is 18.2 Å². The van der Waals surface area contributed by atoms with Crippen LogP contribution in [0.3, 0.4) is 0 Å². The number of nitrogens with zero attached hydrogens (tertiary/aromatic N) is 1. The summed E-state index contributed by atoms with van der Waals surface area (Å²) in [5, 5.41) is 4.44. The number of thiazole rings is 1. The van der Waals surface area contributed by atoms with Crippen molar-refractivity contribution in [3.05, 3.63) is 51.0 Å². The lowest BCUT2D eigenvalue weighted by Crippen LogP contribution is -2.10. The average Bonchev–Trinajstić information content (AvgIpc) is 2.81. The summed E-state index contributed by atoms with van der Waals surface area (Å²) in [6.07, 6.45) is 2.92. The maximum atomic E-state index is 4.51. The third-order valence-electron chi connectivity index (χ3n) is 3.36. The summed E-state index contributed by atoms with van der Waals surface area (Å²) in [4.78, 5) is 5.81. The number of nitrogens with one attached hydrogen (secondary N) is 1. The molecule has 0 radical (unpaired) electrons. The van der Waals surface area contributed by atoms with Gasteiger partial charge in [-0.05, 0) is 44.5 Å². The van der Waals surface area contributed by atoms with Crippen molar-refractivity contribution in [1.29, 1.82) is 0 Å². The average molecular weight is 260 g/mol. The van der Waals surface area contributed by atoms with Crippen LogP contribution in [0.25, 0.3) is 0 Å². The minimum Gasteiger partial charge on any atom is -0.312 e. The van der Waals surface area contributed by atoms with Crippen molar-refractivity contribution >= 4 is 11.3 Å². The normalized spacial score (nSPS) is 12.7. The number of hydrogen-bond donors (Lipinski definition) is 1. The van der Waals surface area contributed by atoms with Crippen molar-refractivity contribution in [2.24, 2.45) is 0 Å². The molecule has 2 aromatic rings. The minimum absolute atomic E-state index is 0.385. The van der Waals surface area contributed by atoms with Crippen LogP contribution in [0.5, 0.6) is 0 Å². The Bertz CT molecular complexity index is 531. The van der Waals surface area contributed by atoms with Crippen LogP contribution in [0.2, 0.25) is 0 Å². The van der Waals surface area contributed by atoms with E-state index in [1.165, 1.54) is 26.6 Å². The first-order valence-corrected chi connectivity index (χ1v) is 7.10. The van der Waals surface area contributed by atoms with E-state index in [0.717, 1.165) is 6.42 Å². The van der Waals surface area contributed by atoms with Crippen LogP contribution in [0.1, 0.15) is 39.5 Å².